The number of pyridine rings is 1. The highest BCUT2D eigenvalue weighted by Crippen LogP contribution is 2.30. The van der Waals surface area contributed by atoms with E-state index in [-0.39, 0.29) is 5.96 Å². The predicted molar refractivity (Wildman–Crippen MR) is 103 cm³/mol. The van der Waals surface area contributed by atoms with E-state index in [9.17, 15) is 5.21 Å². The second kappa shape index (κ2) is 7.37. The van der Waals surface area contributed by atoms with Crippen LogP contribution in [-0.2, 0) is 6.42 Å². The molecule has 1 aliphatic heterocycles. The molecule has 0 saturated carbocycles. The molecule has 2 heterocycles. The van der Waals surface area contributed by atoms with Gasteiger partial charge in [-0.3, -0.25) is 10.2 Å². The van der Waals surface area contributed by atoms with Crippen LogP contribution in [-0.4, -0.2) is 28.0 Å². The molecular weight excluding hydrogens is 328 g/mol. The molecule has 0 bridgehead atoms. The molecule has 4 N–H and O–H groups in total. The topological polar surface area (TPSA) is 99.1 Å². The van der Waals surface area contributed by atoms with Crippen molar-refractivity contribution in [2.24, 2.45) is 15.7 Å². The van der Waals surface area contributed by atoms with Gasteiger partial charge in [-0.1, -0.05) is 30.3 Å². The van der Waals surface area contributed by atoms with Crippen LogP contribution in [0.1, 0.15) is 16.8 Å². The van der Waals surface area contributed by atoms with E-state index in [0.29, 0.717) is 6.42 Å². The molecule has 1 aromatic carbocycles. The zero-order valence-corrected chi connectivity index (χ0v) is 14.8. The van der Waals surface area contributed by atoms with Crippen LogP contribution in [0.25, 0.3) is 0 Å². The summed E-state index contributed by atoms with van der Waals surface area (Å²) in [6, 6.07) is 13.9. The molecular formula is C19H22N6O. The van der Waals surface area contributed by atoms with Gasteiger partial charge in [0.05, 0.1) is 6.21 Å². The lowest BCUT2D eigenvalue weighted by Crippen LogP contribution is -2.52. The maximum atomic E-state index is 9.19. The highest BCUT2D eigenvalue weighted by atomic mass is 16.5. The Morgan fingerprint density at radius 1 is 1.27 bits per heavy atom. The monoisotopic (exact) mass is 350 g/mol. The lowest BCUT2D eigenvalue weighted by molar-refractivity contribution is 0.231. The minimum absolute atomic E-state index is 0.0999. The van der Waals surface area contributed by atoms with Gasteiger partial charge in [0.1, 0.15) is 5.82 Å². The number of rotatable bonds is 4. The highest BCUT2D eigenvalue weighted by molar-refractivity contribution is 5.85. The SMILES string of the molecule is Cc1cc(C)nc(N2C=CN=CC2(Cc2ccccc2)N=C(N)NO)c1. The predicted octanol–water partition coefficient (Wildman–Crippen LogP) is 2.29. The van der Waals surface area contributed by atoms with Crippen molar-refractivity contribution in [3.63, 3.8) is 0 Å². The van der Waals surface area contributed by atoms with Crippen molar-refractivity contribution in [2.75, 3.05) is 4.90 Å². The number of hydroxylamine groups is 1. The fourth-order valence-corrected chi connectivity index (χ4v) is 3.06. The number of nitrogens with two attached hydrogens (primary N) is 1. The van der Waals surface area contributed by atoms with E-state index >= 15 is 0 Å². The minimum atomic E-state index is -0.955. The van der Waals surface area contributed by atoms with E-state index in [4.69, 9.17) is 5.73 Å². The number of aromatic nitrogens is 1. The molecule has 26 heavy (non-hydrogen) atoms. The van der Waals surface area contributed by atoms with Gasteiger partial charge in [-0.15, -0.1) is 0 Å². The fraction of sp³-hybridized carbons (Fsp3) is 0.211. The number of nitrogens with one attached hydrogen (secondary N) is 1. The molecule has 1 aliphatic rings. The van der Waals surface area contributed by atoms with Crippen molar-refractivity contribution in [3.8, 4) is 0 Å². The van der Waals surface area contributed by atoms with Crippen molar-refractivity contribution < 1.29 is 5.21 Å². The first-order valence-electron chi connectivity index (χ1n) is 8.27. The van der Waals surface area contributed by atoms with Crippen molar-refractivity contribution in [3.05, 3.63) is 71.7 Å². The van der Waals surface area contributed by atoms with Gasteiger partial charge >= 0.3 is 0 Å². The quantitative estimate of drug-likeness (QED) is 0.446. The third-order valence-electron chi connectivity index (χ3n) is 4.07. The van der Waals surface area contributed by atoms with Crippen LogP contribution in [0.3, 0.4) is 0 Å². The Morgan fingerprint density at radius 3 is 2.73 bits per heavy atom. The largest absolute Gasteiger partial charge is 0.368 e. The molecule has 0 fully saturated rings. The fourth-order valence-electron chi connectivity index (χ4n) is 3.06. The van der Waals surface area contributed by atoms with Gasteiger partial charge in [0.15, 0.2) is 5.66 Å². The van der Waals surface area contributed by atoms with Crippen LogP contribution in [0.2, 0.25) is 0 Å². The summed E-state index contributed by atoms with van der Waals surface area (Å²) in [5.41, 5.74) is 9.81. The summed E-state index contributed by atoms with van der Waals surface area (Å²) in [6.07, 6.45) is 5.71. The molecule has 1 atom stereocenters. The molecule has 1 aromatic heterocycles. The molecule has 0 spiro atoms. The van der Waals surface area contributed by atoms with Crippen LogP contribution < -0.4 is 16.1 Å². The summed E-state index contributed by atoms with van der Waals surface area (Å²) in [7, 11) is 0. The summed E-state index contributed by atoms with van der Waals surface area (Å²) in [5.74, 6) is 0.632. The number of nitrogens with zero attached hydrogens (tertiary/aromatic N) is 4. The van der Waals surface area contributed by atoms with Crippen molar-refractivity contribution in [1.29, 1.82) is 0 Å². The number of guanidine groups is 1. The summed E-state index contributed by atoms with van der Waals surface area (Å²) >= 11 is 0. The molecule has 2 aromatic rings. The van der Waals surface area contributed by atoms with E-state index < -0.39 is 5.66 Å². The Hall–Kier alpha value is -3.19. The molecule has 7 heteroatoms. The molecule has 1 unspecified atom stereocenters. The number of hydrogen-bond donors (Lipinski definition) is 3. The van der Waals surface area contributed by atoms with Gasteiger partial charge in [-0.05, 0) is 37.1 Å². The van der Waals surface area contributed by atoms with Crippen LogP contribution in [0, 0.1) is 13.8 Å². The molecule has 0 amide bonds. The first-order chi connectivity index (χ1) is 12.5. The van der Waals surface area contributed by atoms with Crippen LogP contribution in [0.5, 0.6) is 0 Å². The van der Waals surface area contributed by atoms with E-state index in [1.807, 2.05) is 72.9 Å². The molecule has 134 valence electrons. The van der Waals surface area contributed by atoms with E-state index in [1.165, 1.54) is 0 Å². The summed E-state index contributed by atoms with van der Waals surface area (Å²) < 4.78 is 0. The maximum absolute atomic E-state index is 9.19. The summed E-state index contributed by atoms with van der Waals surface area (Å²) in [5, 5.41) is 9.19. The van der Waals surface area contributed by atoms with E-state index in [1.54, 1.807) is 12.4 Å². The number of hydrogen-bond acceptors (Lipinski definition) is 5. The van der Waals surface area contributed by atoms with Gasteiger partial charge in [0.2, 0.25) is 5.96 Å². The van der Waals surface area contributed by atoms with Crippen LogP contribution in [0.4, 0.5) is 5.82 Å². The van der Waals surface area contributed by atoms with Crippen molar-refractivity contribution >= 4 is 18.0 Å². The van der Waals surface area contributed by atoms with Crippen LogP contribution >= 0.6 is 0 Å². The standard InChI is InChI=1S/C19H22N6O/c1-14-10-15(2)22-17(11-14)25-9-8-21-13-19(25,23-18(20)24-26)12-16-6-4-3-5-7-16/h3-11,13,26H,12H2,1-2H3,(H3,20,23,24). The summed E-state index contributed by atoms with van der Waals surface area (Å²) in [6.45, 7) is 3.97. The first kappa shape index (κ1) is 17.6. The molecule has 0 radical (unpaired) electrons. The van der Waals surface area contributed by atoms with Gasteiger partial charge in [0.25, 0.3) is 0 Å². The summed E-state index contributed by atoms with van der Waals surface area (Å²) in [4.78, 5) is 15.4. The zero-order valence-electron chi connectivity index (χ0n) is 14.8. The lowest BCUT2D eigenvalue weighted by atomic mass is 9.98. The number of aryl methyl sites for hydroxylation is 2. The van der Waals surface area contributed by atoms with E-state index in [2.05, 4.69) is 15.0 Å². The zero-order chi connectivity index (χ0) is 18.6. The molecule has 3 rings (SSSR count). The average Bonchev–Trinajstić information content (AvgIpc) is 2.62. The number of benzene rings is 1. The van der Waals surface area contributed by atoms with Crippen molar-refractivity contribution in [1.82, 2.24) is 10.5 Å². The second-order valence-corrected chi connectivity index (χ2v) is 6.24. The molecule has 0 saturated heterocycles. The van der Waals surface area contributed by atoms with E-state index in [0.717, 1.165) is 22.6 Å². The first-order valence-corrected chi connectivity index (χ1v) is 8.27. The van der Waals surface area contributed by atoms with Crippen molar-refractivity contribution in [2.45, 2.75) is 25.9 Å². The normalized spacial score (nSPS) is 19.7. The lowest BCUT2D eigenvalue weighted by Gasteiger charge is -2.38. The minimum Gasteiger partial charge on any atom is -0.368 e. The average molecular weight is 350 g/mol. The van der Waals surface area contributed by atoms with Crippen LogP contribution in [0.15, 0.2) is 64.8 Å². The third kappa shape index (κ3) is 3.73. The maximum Gasteiger partial charge on any atom is 0.215 e. The Balaban J connectivity index is 2.12. The number of anilines is 1. The number of aliphatic imine (C=N–C) groups is 2. The Bertz CT molecular complexity index is 841. The van der Waals surface area contributed by atoms with Gasteiger partial charge in [-0.25, -0.2) is 15.5 Å². The van der Waals surface area contributed by atoms with Gasteiger partial charge in [0, 0.05) is 24.5 Å². The molecule has 0 aliphatic carbocycles. The van der Waals surface area contributed by atoms with Gasteiger partial charge in [-0.2, -0.15) is 0 Å². The molecule has 7 nitrogen and oxygen atoms in total. The Morgan fingerprint density at radius 2 is 2.04 bits per heavy atom. The van der Waals surface area contributed by atoms with Gasteiger partial charge < -0.3 is 10.6 Å². The Kier molecular flexibility index (Phi) is 4.99. The third-order valence-corrected chi connectivity index (χ3v) is 4.07. The highest BCUT2D eigenvalue weighted by Gasteiger charge is 2.37. The Labute approximate surface area is 152 Å². The second-order valence-electron chi connectivity index (χ2n) is 6.24. The smallest absolute Gasteiger partial charge is 0.215 e.